The van der Waals surface area contributed by atoms with Crippen molar-refractivity contribution in [3.63, 3.8) is 0 Å². The minimum absolute atomic E-state index is 0.0147. The number of hydrogen-bond donors (Lipinski definition) is 1. The van der Waals surface area contributed by atoms with Crippen molar-refractivity contribution in [3.05, 3.63) is 6.33 Å². The van der Waals surface area contributed by atoms with Crippen LogP contribution in [0.3, 0.4) is 0 Å². The number of carbonyl (C=O) groups excluding carboxylic acids is 1. The van der Waals surface area contributed by atoms with E-state index >= 15 is 0 Å². The lowest BCUT2D eigenvalue weighted by Crippen LogP contribution is -2.55. The number of amides is 1. The van der Waals surface area contributed by atoms with Gasteiger partial charge in [0, 0.05) is 18.5 Å². The van der Waals surface area contributed by atoms with Gasteiger partial charge in [-0.15, -0.1) is 5.10 Å². The number of tetrazole rings is 1. The van der Waals surface area contributed by atoms with Gasteiger partial charge in [0.15, 0.2) is 0 Å². The van der Waals surface area contributed by atoms with Crippen molar-refractivity contribution in [2.24, 2.45) is 11.3 Å². The smallest absolute Gasteiger partial charge is 0.237 e. The van der Waals surface area contributed by atoms with Crippen molar-refractivity contribution in [2.75, 3.05) is 13.1 Å². The van der Waals surface area contributed by atoms with Gasteiger partial charge in [-0.2, -0.15) is 5.26 Å². The molecule has 9 heteroatoms. The predicted octanol–water partition coefficient (Wildman–Crippen LogP) is 0.920. The first-order valence-corrected chi connectivity index (χ1v) is 9.06. The molecule has 0 bridgehead atoms. The molecule has 1 aromatic rings. The number of nitrogens with one attached hydrogen (secondary N) is 1. The standard InChI is InChI=1S/C17H26FN7O/c1-16(2)12(9-24-11-21-22-23-24)4-5-17(16,3)20-8-15(26)25-10-13(18)6-14(25)7-19/h11-14,20H,4-6,8-10H2,1-3H3/t12-,13-,14-,17-/m0/s1. The first-order chi connectivity index (χ1) is 12.3. The van der Waals surface area contributed by atoms with Crippen LogP contribution in [0, 0.1) is 22.7 Å². The fourth-order valence-corrected chi connectivity index (χ4v) is 4.28. The Morgan fingerprint density at radius 2 is 2.23 bits per heavy atom. The second kappa shape index (κ2) is 6.91. The van der Waals surface area contributed by atoms with E-state index in [1.54, 1.807) is 11.0 Å². The zero-order valence-corrected chi connectivity index (χ0v) is 15.5. The Balaban J connectivity index is 1.62. The molecule has 26 heavy (non-hydrogen) atoms. The van der Waals surface area contributed by atoms with E-state index in [2.05, 4.69) is 41.6 Å². The third kappa shape index (κ3) is 3.30. The summed E-state index contributed by atoms with van der Waals surface area (Å²) in [5.41, 5.74) is -0.320. The van der Waals surface area contributed by atoms with E-state index in [0.29, 0.717) is 5.92 Å². The van der Waals surface area contributed by atoms with Crippen molar-refractivity contribution < 1.29 is 9.18 Å². The Labute approximate surface area is 152 Å². The highest BCUT2D eigenvalue weighted by atomic mass is 19.1. The molecule has 0 radical (unpaired) electrons. The average molecular weight is 363 g/mol. The fourth-order valence-electron chi connectivity index (χ4n) is 4.28. The lowest BCUT2D eigenvalue weighted by molar-refractivity contribution is -0.131. The summed E-state index contributed by atoms with van der Waals surface area (Å²) in [4.78, 5) is 13.9. The molecule has 4 atom stereocenters. The van der Waals surface area contributed by atoms with Gasteiger partial charge in [0.1, 0.15) is 18.5 Å². The summed E-state index contributed by atoms with van der Waals surface area (Å²) in [5, 5.41) is 23.9. The fraction of sp³-hybridized carbons (Fsp3) is 0.824. The van der Waals surface area contributed by atoms with E-state index < -0.39 is 12.2 Å². The molecule has 1 saturated carbocycles. The Bertz CT molecular complexity index is 686. The van der Waals surface area contributed by atoms with Gasteiger partial charge in [-0.3, -0.25) is 4.79 Å². The molecular formula is C17H26FN7O. The number of nitriles is 1. The molecule has 3 rings (SSSR count). The van der Waals surface area contributed by atoms with Crippen LogP contribution in [0.25, 0.3) is 0 Å². The molecule has 1 saturated heterocycles. The number of alkyl halides is 1. The van der Waals surface area contributed by atoms with Crippen LogP contribution in [0.1, 0.15) is 40.0 Å². The Hall–Kier alpha value is -2.08. The van der Waals surface area contributed by atoms with Crippen molar-refractivity contribution in [2.45, 2.75) is 64.3 Å². The highest BCUT2D eigenvalue weighted by Gasteiger charge is 2.51. The van der Waals surface area contributed by atoms with E-state index in [9.17, 15) is 9.18 Å². The first kappa shape index (κ1) is 18.7. The van der Waals surface area contributed by atoms with Gasteiger partial charge in [-0.25, -0.2) is 9.07 Å². The largest absolute Gasteiger partial charge is 0.323 e. The van der Waals surface area contributed by atoms with Gasteiger partial charge in [-0.1, -0.05) is 13.8 Å². The van der Waals surface area contributed by atoms with Gasteiger partial charge >= 0.3 is 0 Å². The summed E-state index contributed by atoms with van der Waals surface area (Å²) in [7, 11) is 0. The summed E-state index contributed by atoms with van der Waals surface area (Å²) in [6.07, 6.45) is 2.54. The first-order valence-electron chi connectivity index (χ1n) is 9.06. The van der Waals surface area contributed by atoms with Gasteiger partial charge in [0.05, 0.1) is 19.2 Å². The Morgan fingerprint density at radius 1 is 1.46 bits per heavy atom. The molecule has 8 nitrogen and oxygen atoms in total. The zero-order valence-electron chi connectivity index (χ0n) is 15.5. The zero-order chi connectivity index (χ0) is 18.9. The number of nitrogens with zero attached hydrogens (tertiary/aromatic N) is 6. The van der Waals surface area contributed by atoms with Crippen molar-refractivity contribution in [3.8, 4) is 6.07 Å². The normalized spacial score (nSPS) is 33.3. The minimum Gasteiger partial charge on any atom is -0.323 e. The van der Waals surface area contributed by atoms with Gasteiger partial charge in [0.2, 0.25) is 5.91 Å². The Morgan fingerprint density at radius 3 is 2.88 bits per heavy atom. The van der Waals surface area contributed by atoms with E-state index in [1.807, 2.05) is 6.07 Å². The maximum absolute atomic E-state index is 13.6. The molecule has 1 aliphatic carbocycles. The van der Waals surface area contributed by atoms with Crippen molar-refractivity contribution >= 4 is 5.91 Å². The summed E-state index contributed by atoms with van der Waals surface area (Å²) in [5.74, 6) is 0.158. The second-order valence-corrected chi connectivity index (χ2v) is 8.20. The molecule has 0 unspecified atom stereocenters. The molecular weight excluding hydrogens is 337 g/mol. The highest BCUT2D eigenvalue weighted by molar-refractivity contribution is 5.79. The molecule has 1 aliphatic heterocycles. The number of carbonyl (C=O) groups is 1. The lowest BCUT2D eigenvalue weighted by Gasteiger charge is -2.42. The average Bonchev–Trinajstić information content (AvgIpc) is 3.29. The third-order valence-corrected chi connectivity index (χ3v) is 6.58. The predicted molar refractivity (Wildman–Crippen MR) is 91.4 cm³/mol. The minimum atomic E-state index is -1.11. The van der Waals surface area contributed by atoms with Crippen LogP contribution < -0.4 is 5.32 Å². The highest BCUT2D eigenvalue weighted by Crippen LogP contribution is 2.50. The van der Waals surface area contributed by atoms with Gasteiger partial charge in [-0.05, 0) is 41.5 Å². The molecule has 2 heterocycles. The number of hydrogen-bond acceptors (Lipinski definition) is 6. The number of aromatic nitrogens is 4. The quantitative estimate of drug-likeness (QED) is 0.835. The monoisotopic (exact) mass is 363 g/mol. The third-order valence-electron chi connectivity index (χ3n) is 6.58. The topological polar surface area (TPSA) is 99.7 Å². The van der Waals surface area contributed by atoms with Gasteiger partial charge in [0.25, 0.3) is 0 Å². The van der Waals surface area contributed by atoms with E-state index in [-0.39, 0.29) is 36.4 Å². The van der Waals surface area contributed by atoms with Crippen LogP contribution in [0.15, 0.2) is 6.33 Å². The molecule has 0 spiro atoms. The van der Waals surface area contributed by atoms with Crippen LogP contribution >= 0.6 is 0 Å². The Kier molecular flexibility index (Phi) is 4.97. The summed E-state index contributed by atoms with van der Waals surface area (Å²) >= 11 is 0. The number of likely N-dealkylation sites (tertiary alicyclic amines) is 1. The molecule has 1 aromatic heterocycles. The maximum atomic E-state index is 13.6. The van der Waals surface area contributed by atoms with E-state index in [0.717, 1.165) is 19.4 Å². The van der Waals surface area contributed by atoms with Crippen LogP contribution in [-0.2, 0) is 11.3 Å². The van der Waals surface area contributed by atoms with E-state index in [4.69, 9.17) is 5.26 Å². The van der Waals surface area contributed by atoms with Crippen LogP contribution in [0.2, 0.25) is 0 Å². The molecule has 2 aliphatic rings. The molecule has 142 valence electrons. The van der Waals surface area contributed by atoms with Crippen molar-refractivity contribution in [1.82, 2.24) is 30.4 Å². The molecule has 1 amide bonds. The van der Waals surface area contributed by atoms with Crippen LogP contribution in [-0.4, -0.2) is 61.9 Å². The van der Waals surface area contributed by atoms with E-state index in [1.165, 1.54) is 4.90 Å². The maximum Gasteiger partial charge on any atom is 0.237 e. The van der Waals surface area contributed by atoms with Crippen LogP contribution in [0.5, 0.6) is 0 Å². The molecule has 2 fully saturated rings. The summed E-state index contributed by atoms with van der Waals surface area (Å²) in [6, 6.07) is 1.37. The number of halogens is 1. The number of rotatable bonds is 5. The lowest BCUT2D eigenvalue weighted by atomic mass is 9.71. The second-order valence-electron chi connectivity index (χ2n) is 8.20. The SMILES string of the molecule is CC1(C)[C@H](Cn2cnnn2)CC[C@]1(C)NCC(=O)N1C[C@@H](F)C[C@H]1C#N. The molecule has 1 N–H and O–H groups in total. The van der Waals surface area contributed by atoms with Crippen molar-refractivity contribution in [1.29, 1.82) is 5.26 Å². The summed E-state index contributed by atoms with van der Waals surface area (Å²) in [6.45, 7) is 7.38. The van der Waals surface area contributed by atoms with Gasteiger partial charge < -0.3 is 10.2 Å². The van der Waals surface area contributed by atoms with Crippen LogP contribution in [0.4, 0.5) is 4.39 Å². The molecule has 0 aromatic carbocycles. The summed E-state index contributed by atoms with van der Waals surface area (Å²) < 4.78 is 15.3.